The summed E-state index contributed by atoms with van der Waals surface area (Å²) in [6.07, 6.45) is 0. The number of nitrogens with two attached hydrogens (primary N) is 1. The Hall–Kier alpha value is -1.63. The fraction of sp³-hybridized carbons (Fsp3) is 0.375. The highest BCUT2D eigenvalue weighted by Gasteiger charge is 2.17. The first-order valence-corrected chi connectivity index (χ1v) is 8.12. The van der Waals surface area contributed by atoms with Gasteiger partial charge in [-0.2, -0.15) is 0 Å². The van der Waals surface area contributed by atoms with Gasteiger partial charge in [-0.15, -0.1) is 23.7 Å². The molecule has 23 heavy (non-hydrogen) atoms. The van der Waals surface area contributed by atoms with E-state index >= 15 is 0 Å². The van der Waals surface area contributed by atoms with Crippen LogP contribution in [0.1, 0.15) is 19.4 Å². The SMILES string of the molecule is CC(C)[C@H](N)C(=O)NCC(=O)NCc1csc2ccccc12.Cl. The molecule has 1 atom stereocenters. The third-order valence-electron chi connectivity index (χ3n) is 3.48. The van der Waals surface area contributed by atoms with Crippen molar-refractivity contribution in [1.29, 1.82) is 0 Å². The number of carbonyl (C=O) groups is 2. The molecule has 2 amide bonds. The topological polar surface area (TPSA) is 84.2 Å². The molecule has 0 fully saturated rings. The Balaban J connectivity index is 0.00000264. The molecule has 1 aromatic heterocycles. The van der Waals surface area contributed by atoms with Crippen LogP contribution in [0.2, 0.25) is 0 Å². The lowest BCUT2D eigenvalue weighted by molar-refractivity contribution is -0.127. The molecule has 2 aromatic rings. The van der Waals surface area contributed by atoms with Gasteiger partial charge in [0.15, 0.2) is 0 Å². The summed E-state index contributed by atoms with van der Waals surface area (Å²) in [5, 5.41) is 8.56. The molecular formula is C16H22ClN3O2S. The smallest absolute Gasteiger partial charge is 0.239 e. The first kappa shape index (κ1) is 19.4. The summed E-state index contributed by atoms with van der Waals surface area (Å²) >= 11 is 1.65. The summed E-state index contributed by atoms with van der Waals surface area (Å²) in [5.41, 5.74) is 6.80. The minimum atomic E-state index is -0.589. The minimum absolute atomic E-state index is 0. The third-order valence-corrected chi connectivity index (χ3v) is 4.49. The molecule has 0 saturated heterocycles. The number of benzene rings is 1. The fourth-order valence-corrected chi connectivity index (χ4v) is 2.98. The number of carbonyl (C=O) groups excluding carboxylic acids is 2. The predicted octanol–water partition coefficient (Wildman–Crippen LogP) is 2.04. The van der Waals surface area contributed by atoms with Gasteiger partial charge in [-0.1, -0.05) is 32.0 Å². The van der Waals surface area contributed by atoms with Gasteiger partial charge in [0.2, 0.25) is 11.8 Å². The normalized spacial score (nSPS) is 11.8. The maximum Gasteiger partial charge on any atom is 0.239 e. The van der Waals surface area contributed by atoms with Crippen molar-refractivity contribution in [3.63, 3.8) is 0 Å². The molecule has 0 radical (unpaired) electrons. The van der Waals surface area contributed by atoms with Crippen LogP contribution in [0.3, 0.4) is 0 Å². The number of hydrogen-bond donors (Lipinski definition) is 3. The number of rotatable bonds is 6. The van der Waals surface area contributed by atoms with E-state index in [1.807, 2.05) is 37.4 Å². The summed E-state index contributed by atoms with van der Waals surface area (Å²) in [6, 6.07) is 7.48. The summed E-state index contributed by atoms with van der Waals surface area (Å²) in [5.74, 6) is -0.481. The van der Waals surface area contributed by atoms with Gasteiger partial charge in [-0.05, 0) is 28.3 Å². The Morgan fingerprint density at radius 3 is 2.61 bits per heavy atom. The Morgan fingerprint density at radius 2 is 1.91 bits per heavy atom. The van der Waals surface area contributed by atoms with Gasteiger partial charge in [0.05, 0.1) is 12.6 Å². The molecule has 0 saturated carbocycles. The second kappa shape index (κ2) is 8.86. The second-order valence-corrected chi connectivity index (χ2v) is 6.43. The number of fused-ring (bicyclic) bond motifs is 1. The van der Waals surface area contributed by atoms with E-state index in [1.165, 1.54) is 4.70 Å². The summed E-state index contributed by atoms with van der Waals surface area (Å²) in [4.78, 5) is 23.5. The van der Waals surface area contributed by atoms with Crippen molar-refractivity contribution >= 4 is 45.6 Å². The van der Waals surface area contributed by atoms with Crippen molar-refractivity contribution in [1.82, 2.24) is 10.6 Å². The van der Waals surface area contributed by atoms with Crippen LogP contribution in [0.15, 0.2) is 29.6 Å². The molecule has 7 heteroatoms. The monoisotopic (exact) mass is 355 g/mol. The Kier molecular flexibility index (Phi) is 7.48. The van der Waals surface area contributed by atoms with E-state index in [0.717, 1.165) is 10.9 Å². The third kappa shape index (κ3) is 5.20. The van der Waals surface area contributed by atoms with Crippen LogP contribution in [0.4, 0.5) is 0 Å². The van der Waals surface area contributed by atoms with Crippen LogP contribution in [0.5, 0.6) is 0 Å². The van der Waals surface area contributed by atoms with E-state index in [1.54, 1.807) is 11.3 Å². The van der Waals surface area contributed by atoms with Gasteiger partial charge in [0.25, 0.3) is 0 Å². The lowest BCUT2D eigenvalue weighted by Gasteiger charge is -2.15. The molecule has 0 aliphatic carbocycles. The van der Waals surface area contributed by atoms with Gasteiger partial charge in [0, 0.05) is 11.2 Å². The molecule has 126 valence electrons. The van der Waals surface area contributed by atoms with Gasteiger partial charge < -0.3 is 16.4 Å². The zero-order valence-electron chi connectivity index (χ0n) is 13.2. The van der Waals surface area contributed by atoms with Gasteiger partial charge in [-0.25, -0.2) is 0 Å². The predicted molar refractivity (Wildman–Crippen MR) is 96.7 cm³/mol. The number of halogens is 1. The highest BCUT2D eigenvalue weighted by molar-refractivity contribution is 7.17. The molecule has 4 N–H and O–H groups in total. The fourth-order valence-electron chi connectivity index (χ4n) is 2.01. The average Bonchev–Trinajstić information content (AvgIpc) is 2.93. The summed E-state index contributed by atoms with van der Waals surface area (Å²) in [7, 11) is 0. The number of amides is 2. The van der Waals surface area contributed by atoms with Crippen molar-refractivity contribution in [3.8, 4) is 0 Å². The van der Waals surface area contributed by atoms with Gasteiger partial charge in [0.1, 0.15) is 0 Å². The van der Waals surface area contributed by atoms with Crippen LogP contribution >= 0.6 is 23.7 Å². The quantitative estimate of drug-likeness (QED) is 0.741. The standard InChI is InChI=1S/C16H21N3O2S.ClH/c1-10(2)15(17)16(21)19-8-14(20)18-7-11-9-22-13-6-4-3-5-12(11)13;/h3-6,9-10,15H,7-8,17H2,1-2H3,(H,18,20)(H,19,21);1H/t15-;/m0./s1. The van der Waals surface area contributed by atoms with E-state index in [0.29, 0.717) is 6.54 Å². The molecular weight excluding hydrogens is 334 g/mol. The maximum absolute atomic E-state index is 11.8. The number of nitrogens with one attached hydrogen (secondary N) is 2. The molecule has 0 aliphatic heterocycles. The zero-order valence-corrected chi connectivity index (χ0v) is 14.8. The van der Waals surface area contributed by atoms with Crippen LogP contribution < -0.4 is 16.4 Å². The van der Waals surface area contributed by atoms with E-state index in [-0.39, 0.29) is 36.7 Å². The molecule has 0 bridgehead atoms. The van der Waals surface area contributed by atoms with Crippen molar-refractivity contribution in [2.24, 2.45) is 11.7 Å². The number of thiophene rings is 1. The lowest BCUT2D eigenvalue weighted by atomic mass is 10.1. The molecule has 0 unspecified atom stereocenters. The van der Waals surface area contributed by atoms with Crippen molar-refractivity contribution in [2.75, 3.05) is 6.54 Å². The van der Waals surface area contributed by atoms with Crippen molar-refractivity contribution < 1.29 is 9.59 Å². The van der Waals surface area contributed by atoms with Crippen LogP contribution in [-0.4, -0.2) is 24.4 Å². The Morgan fingerprint density at radius 1 is 1.22 bits per heavy atom. The Bertz CT molecular complexity index is 672. The zero-order chi connectivity index (χ0) is 16.1. The van der Waals surface area contributed by atoms with Crippen molar-refractivity contribution in [3.05, 3.63) is 35.2 Å². The van der Waals surface area contributed by atoms with E-state index < -0.39 is 6.04 Å². The molecule has 0 spiro atoms. The highest BCUT2D eigenvalue weighted by atomic mass is 35.5. The van der Waals surface area contributed by atoms with Crippen LogP contribution in [0, 0.1) is 5.92 Å². The van der Waals surface area contributed by atoms with Gasteiger partial charge in [-0.3, -0.25) is 9.59 Å². The van der Waals surface area contributed by atoms with E-state index in [2.05, 4.69) is 16.7 Å². The Labute approximate surface area is 146 Å². The van der Waals surface area contributed by atoms with Crippen LogP contribution in [-0.2, 0) is 16.1 Å². The minimum Gasteiger partial charge on any atom is -0.350 e. The largest absolute Gasteiger partial charge is 0.350 e. The summed E-state index contributed by atoms with van der Waals surface area (Å²) in [6.45, 7) is 4.13. The molecule has 5 nitrogen and oxygen atoms in total. The van der Waals surface area contributed by atoms with Crippen LogP contribution in [0.25, 0.3) is 10.1 Å². The first-order valence-electron chi connectivity index (χ1n) is 7.24. The molecule has 2 rings (SSSR count). The molecule has 0 aliphatic rings. The van der Waals surface area contributed by atoms with Crippen molar-refractivity contribution in [2.45, 2.75) is 26.4 Å². The lowest BCUT2D eigenvalue weighted by Crippen LogP contribution is -2.47. The van der Waals surface area contributed by atoms with Gasteiger partial charge >= 0.3 is 0 Å². The van der Waals surface area contributed by atoms with E-state index in [9.17, 15) is 9.59 Å². The number of hydrogen-bond acceptors (Lipinski definition) is 4. The summed E-state index contributed by atoms with van der Waals surface area (Å²) < 4.78 is 1.20. The maximum atomic E-state index is 11.8. The highest BCUT2D eigenvalue weighted by Crippen LogP contribution is 2.25. The average molecular weight is 356 g/mol. The van der Waals surface area contributed by atoms with E-state index in [4.69, 9.17) is 5.73 Å². The molecule has 1 heterocycles. The first-order chi connectivity index (χ1) is 10.5. The molecule has 1 aromatic carbocycles. The second-order valence-electron chi connectivity index (χ2n) is 5.52.